The number of nitrogens with one attached hydrogen (secondary N) is 1. The molecular formula is C58H109NO3. The number of hydrogen-bond donors (Lipinski definition) is 3. The van der Waals surface area contributed by atoms with E-state index in [0.717, 1.165) is 38.5 Å². The second kappa shape index (κ2) is 53.7. The number of hydrogen-bond acceptors (Lipinski definition) is 3. The van der Waals surface area contributed by atoms with Crippen molar-refractivity contribution in [2.24, 2.45) is 0 Å². The lowest BCUT2D eigenvalue weighted by atomic mass is 10.0. The second-order valence-corrected chi connectivity index (χ2v) is 19.0. The van der Waals surface area contributed by atoms with Crippen LogP contribution >= 0.6 is 0 Å². The maximum Gasteiger partial charge on any atom is 0.220 e. The van der Waals surface area contributed by atoms with Crippen molar-refractivity contribution in [2.45, 2.75) is 309 Å². The Morgan fingerprint density at radius 1 is 0.371 bits per heavy atom. The standard InChI is InChI=1S/C58H109NO3/c1-3-5-7-9-11-13-15-17-19-21-23-25-26-27-28-29-30-31-32-34-36-38-40-42-44-46-48-50-52-54-58(62)59-56(55-60)57(61)53-51-49-47-45-43-41-39-37-35-33-24-22-20-18-16-14-12-10-8-6-4-2/h27-28,35,37,43,45,51,53,56-57,60-61H,3-26,29-34,36,38-42,44,46-50,52,54-55H2,1-2H3,(H,59,62)/b28-27-,37-35+,45-43+,53-51+. The molecule has 0 radical (unpaired) electrons. The summed E-state index contributed by atoms with van der Waals surface area (Å²) in [5.74, 6) is -0.0752. The van der Waals surface area contributed by atoms with Crippen molar-refractivity contribution < 1.29 is 15.0 Å². The Morgan fingerprint density at radius 3 is 0.935 bits per heavy atom. The summed E-state index contributed by atoms with van der Waals surface area (Å²) in [5, 5.41) is 23.1. The first kappa shape index (κ1) is 60.4. The highest BCUT2D eigenvalue weighted by molar-refractivity contribution is 5.76. The number of rotatable bonds is 51. The fourth-order valence-corrected chi connectivity index (χ4v) is 8.50. The molecule has 2 unspecified atom stereocenters. The van der Waals surface area contributed by atoms with Crippen molar-refractivity contribution in [1.29, 1.82) is 0 Å². The van der Waals surface area contributed by atoms with E-state index in [2.05, 4.69) is 55.6 Å². The van der Waals surface area contributed by atoms with Crippen LogP contribution in [0.4, 0.5) is 0 Å². The first-order chi connectivity index (χ1) is 30.7. The Balaban J connectivity index is 3.53. The maximum absolute atomic E-state index is 12.5. The third kappa shape index (κ3) is 49.4. The highest BCUT2D eigenvalue weighted by atomic mass is 16.3. The zero-order chi connectivity index (χ0) is 44.9. The molecule has 0 aromatic rings. The summed E-state index contributed by atoms with van der Waals surface area (Å²) < 4.78 is 0. The first-order valence-electron chi connectivity index (χ1n) is 27.9. The monoisotopic (exact) mass is 868 g/mol. The van der Waals surface area contributed by atoms with E-state index in [4.69, 9.17) is 0 Å². The predicted molar refractivity (Wildman–Crippen MR) is 276 cm³/mol. The van der Waals surface area contributed by atoms with Gasteiger partial charge in [0.2, 0.25) is 5.91 Å². The molecule has 62 heavy (non-hydrogen) atoms. The smallest absolute Gasteiger partial charge is 0.220 e. The van der Waals surface area contributed by atoms with Crippen LogP contribution in [-0.4, -0.2) is 34.9 Å². The molecule has 0 aromatic carbocycles. The Kier molecular flexibility index (Phi) is 52.3. The molecule has 2 atom stereocenters. The van der Waals surface area contributed by atoms with Crippen LogP contribution in [0.3, 0.4) is 0 Å². The lowest BCUT2D eigenvalue weighted by Crippen LogP contribution is -2.45. The predicted octanol–water partition coefficient (Wildman–Crippen LogP) is 18.3. The third-order valence-electron chi connectivity index (χ3n) is 12.8. The molecular weight excluding hydrogens is 759 g/mol. The number of unbranched alkanes of at least 4 members (excludes halogenated alkanes) is 38. The van der Waals surface area contributed by atoms with Crippen molar-refractivity contribution in [3.8, 4) is 0 Å². The fraction of sp³-hybridized carbons (Fsp3) is 0.845. The molecule has 3 N–H and O–H groups in total. The number of aliphatic hydroxyl groups is 2. The first-order valence-corrected chi connectivity index (χ1v) is 27.9. The highest BCUT2D eigenvalue weighted by Crippen LogP contribution is 2.16. The lowest BCUT2D eigenvalue weighted by Gasteiger charge is -2.19. The van der Waals surface area contributed by atoms with Gasteiger partial charge in [-0.15, -0.1) is 0 Å². The summed E-state index contributed by atoms with van der Waals surface area (Å²) in [6.07, 6.45) is 74.2. The van der Waals surface area contributed by atoms with Crippen LogP contribution in [0.25, 0.3) is 0 Å². The fourth-order valence-electron chi connectivity index (χ4n) is 8.50. The van der Waals surface area contributed by atoms with Gasteiger partial charge < -0.3 is 15.5 Å². The van der Waals surface area contributed by atoms with E-state index in [1.165, 1.54) is 238 Å². The number of aliphatic hydroxyl groups excluding tert-OH is 2. The number of carbonyl (C=O) groups is 1. The zero-order valence-electron chi connectivity index (χ0n) is 41.9. The average molecular weight is 869 g/mol. The molecule has 0 aliphatic rings. The molecule has 0 saturated heterocycles. The summed E-state index contributed by atoms with van der Waals surface area (Å²) in [7, 11) is 0. The van der Waals surface area contributed by atoms with Gasteiger partial charge in [0, 0.05) is 6.42 Å². The Bertz CT molecular complexity index is 985. The van der Waals surface area contributed by atoms with Crippen LogP contribution < -0.4 is 5.32 Å². The molecule has 0 aliphatic heterocycles. The van der Waals surface area contributed by atoms with E-state index >= 15 is 0 Å². The van der Waals surface area contributed by atoms with Crippen LogP contribution in [-0.2, 0) is 4.79 Å². The van der Waals surface area contributed by atoms with Gasteiger partial charge >= 0.3 is 0 Å². The van der Waals surface area contributed by atoms with Crippen LogP contribution in [0.15, 0.2) is 48.6 Å². The van der Waals surface area contributed by atoms with Crippen molar-refractivity contribution in [3.05, 3.63) is 48.6 Å². The normalized spacial score (nSPS) is 13.2. The molecule has 364 valence electrons. The topological polar surface area (TPSA) is 69.6 Å². The van der Waals surface area contributed by atoms with Gasteiger partial charge in [0.1, 0.15) is 0 Å². The Hall–Kier alpha value is -1.65. The number of carbonyl (C=O) groups excluding carboxylic acids is 1. The van der Waals surface area contributed by atoms with Gasteiger partial charge in [0.15, 0.2) is 0 Å². The van der Waals surface area contributed by atoms with Crippen molar-refractivity contribution >= 4 is 5.91 Å². The molecule has 0 heterocycles. The summed E-state index contributed by atoms with van der Waals surface area (Å²) in [6, 6.07) is -0.646. The van der Waals surface area contributed by atoms with Gasteiger partial charge in [0.25, 0.3) is 0 Å². The van der Waals surface area contributed by atoms with Crippen molar-refractivity contribution in [2.75, 3.05) is 6.61 Å². The summed E-state index contributed by atoms with van der Waals surface area (Å²) in [4.78, 5) is 12.5. The summed E-state index contributed by atoms with van der Waals surface area (Å²) in [5.41, 5.74) is 0. The molecule has 0 fully saturated rings. The van der Waals surface area contributed by atoms with E-state index in [1.807, 2.05) is 6.08 Å². The number of allylic oxidation sites excluding steroid dienone is 7. The molecule has 4 heteroatoms. The minimum Gasteiger partial charge on any atom is -0.394 e. The maximum atomic E-state index is 12.5. The molecule has 0 aliphatic carbocycles. The lowest BCUT2D eigenvalue weighted by molar-refractivity contribution is -0.123. The Morgan fingerprint density at radius 2 is 0.629 bits per heavy atom. The molecule has 0 aromatic heterocycles. The molecule has 1 amide bonds. The van der Waals surface area contributed by atoms with E-state index in [9.17, 15) is 15.0 Å². The average Bonchev–Trinajstić information content (AvgIpc) is 3.28. The largest absolute Gasteiger partial charge is 0.394 e. The highest BCUT2D eigenvalue weighted by Gasteiger charge is 2.18. The Labute approximate surface area is 388 Å². The van der Waals surface area contributed by atoms with Gasteiger partial charge in [0.05, 0.1) is 18.8 Å². The van der Waals surface area contributed by atoms with Crippen molar-refractivity contribution in [3.63, 3.8) is 0 Å². The van der Waals surface area contributed by atoms with Gasteiger partial charge in [-0.05, 0) is 70.6 Å². The zero-order valence-corrected chi connectivity index (χ0v) is 41.9. The van der Waals surface area contributed by atoms with Crippen LogP contribution in [0.2, 0.25) is 0 Å². The summed E-state index contributed by atoms with van der Waals surface area (Å²) in [6.45, 7) is 4.32. The SMILES string of the molecule is CCCCCCCCCCCCC/C=C/CC/C=C/CC/C=C/C(O)C(CO)NC(=O)CCCCCCCCCCCCCCC/C=C\CCCCCCCCCCCCCC. The van der Waals surface area contributed by atoms with Crippen LogP contribution in [0, 0.1) is 0 Å². The van der Waals surface area contributed by atoms with Gasteiger partial charge in [-0.25, -0.2) is 0 Å². The molecule has 0 spiro atoms. The second-order valence-electron chi connectivity index (χ2n) is 19.0. The van der Waals surface area contributed by atoms with Crippen LogP contribution in [0.5, 0.6) is 0 Å². The van der Waals surface area contributed by atoms with Gasteiger partial charge in [-0.2, -0.15) is 0 Å². The van der Waals surface area contributed by atoms with E-state index < -0.39 is 12.1 Å². The van der Waals surface area contributed by atoms with E-state index in [0.29, 0.717) is 6.42 Å². The third-order valence-corrected chi connectivity index (χ3v) is 12.8. The van der Waals surface area contributed by atoms with Gasteiger partial charge in [-0.3, -0.25) is 4.79 Å². The molecule has 0 saturated carbocycles. The molecule has 0 rings (SSSR count). The van der Waals surface area contributed by atoms with E-state index in [1.54, 1.807) is 6.08 Å². The quantitative estimate of drug-likeness (QED) is 0.0421. The number of amides is 1. The molecule has 4 nitrogen and oxygen atoms in total. The van der Waals surface area contributed by atoms with Crippen LogP contribution in [0.1, 0.15) is 296 Å². The molecule has 0 bridgehead atoms. The summed E-state index contributed by atoms with van der Waals surface area (Å²) >= 11 is 0. The van der Waals surface area contributed by atoms with E-state index in [-0.39, 0.29) is 12.5 Å². The minimum atomic E-state index is -0.871. The van der Waals surface area contributed by atoms with Crippen molar-refractivity contribution in [1.82, 2.24) is 5.32 Å². The van der Waals surface area contributed by atoms with Gasteiger partial charge in [-0.1, -0.05) is 268 Å². The minimum absolute atomic E-state index is 0.0752.